The van der Waals surface area contributed by atoms with Crippen molar-refractivity contribution in [2.75, 3.05) is 0 Å². The summed E-state index contributed by atoms with van der Waals surface area (Å²) in [7, 11) is 0. The lowest BCUT2D eigenvalue weighted by molar-refractivity contribution is 0.620. The first-order valence-corrected chi connectivity index (χ1v) is 7.50. The Kier molecular flexibility index (Phi) is 4.15. The minimum atomic E-state index is -0.298. The number of hydrogen-bond donors (Lipinski definition) is 0. The van der Waals surface area contributed by atoms with Crippen molar-refractivity contribution in [3.63, 3.8) is 0 Å². The molecule has 3 nitrogen and oxygen atoms in total. The second-order valence-corrected chi connectivity index (χ2v) is 5.76. The summed E-state index contributed by atoms with van der Waals surface area (Å²) < 4.78 is 15.3. The van der Waals surface area contributed by atoms with E-state index in [1.807, 2.05) is 24.3 Å². The molecule has 0 bridgehead atoms. The lowest BCUT2D eigenvalue weighted by Gasteiger charge is -2.07. The van der Waals surface area contributed by atoms with Crippen molar-refractivity contribution in [2.45, 2.75) is 6.54 Å². The van der Waals surface area contributed by atoms with Gasteiger partial charge in [-0.05, 0) is 35.9 Å². The zero-order chi connectivity index (χ0) is 15.5. The van der Waals surface area contributed by atoms with Gasteiger partial charge >= 0.3 is 0 Å². The molecule has 0 saturated heterocycles. The molecule has 0 N–H and O–H groups in total. The van der Waals surface area contributed by atoms with Gasteiger partial charge in [-0.3, -0.25) is 4.79 Å². The Morgan fingerprint density at radius 2 is 1.64 bits per heavy atom. The predicted molar refractivity (Wildman–Crippen MR) is 87.1 cm³/mol. The van der Waals surface area contributed by atoms with Crippen molar-refractivity contribution in [2.24, 2.45) is 0 Å². The highest BCUT2D eigenvalue weighted by atomic mass is 79.9. The molecular weight excluding hydrogens is 347 g/mol. The molecule has 3 rings (SSSR count). The fourth-order valence-electron chi connectivity index (χ4n) is 2.10. The molecule has 0 aliphatic carbocycles. The quantitative estimate of drug-likeness (QED) is 0.712. The monoisotopic (exact) mass is 358 g/mol. The minimum absolute atomic E-state index is 0.190. The third kappa shape index (κ3) is 3.31. The highest BCUT2D eigenvalue weighted by molar-refractivity contribution is 9.10. The maximum Gasteiger partial charge on any atom is 0.267 e. The molecule has 0 fully saturated rings. The summed E-state index contributed by atoms with van der Waals surface area (Å²) in [5.41, 5.74) is 2.28. The van der Waals surface area contributed by atoms with Crippen LogP contribution in [0.4, 0.5) is 4.39 Å². The largest absolute Gasteiger partial charge is 0.268 e. The summed E-state index contributed by atoms with van der Waals surface area (Å²) >= 11 is 3.39. The SMILES string of the molecule is O=c1ccc(-c2ccc(Br)cc2)nn1Cc1ccc(F)cc1. The summed E-state index contributed by atoms with van der Waals surface area (Å²) in [6, 6.07) is 16.9. The van der Waals surface area contributed by atoms with E-state index >= 15 is 0 Å². The molecule has 5 heteroatoms. The van der Waals surface area contributed by atoms with Gasteiger partial charge in [0.15, 0.2) is 0 Å². The predicted octanol–water partition coefficient (Wildman–Crippen LogP) is 3.86. The number of nitrogens with zero attached hydrogens (tertiary/aromatic N) is 2. The summed E-state index contributed by atoms with van der Waals surface area (Å²) in [4.78, 5) is 11.9. The van der Waals surface area contributed by atoms with Gasteiger partial charge in [0.25, 0.3) is 5.56 Å². The molecule has 0 amide bonds. The molecule has 0 atom stereocenters. The van der Waals surface area contributed by atoms with E-state index in [0.717, 1.165) is 15.6 Å². The number of benzene rings is 2. The molecule has 0 aliphatic rings. The Bertz CT molecular complexity index is 842. The molecule has 1 aromatic heterocycles. The van der Waals surface area contributed by atoms with Crippen LogP contribution < -0.4 is 5.56 Å². The lowest BCUT2D eigenvalue weighted by Crippen LogP contribution is -2.22. The molecule has 22 heavy (non-hydrogen) atoms. The third-order valence-electron chi connectivity index (χ3n) is 3.25. The molecule has 0 saturated carbocycles. The van der Waals surface area contributed by atoms with Crippen LogP contribution >= 0.6 is 15.9 Å². The highest BCUT2D eigenvalue weighted by Crippen LogP contribution is 2.18. The Hall–Kier alpha value is -2.27. The standard InChI is InChI=1S/C17H12BrFN2O/c18-14-5-3-13(4-6-14)16-9-10-17(22)21(20-16)11-12-1-7-15(19)8-2-12/h1-10H,11H2. The Balaban J connectivity index is 1.94. The fraction of sp³-hybridized carbons (Fsp3) is 0.0588. The van der Waals surface area contributed by atoms with Crippen molar-refractivity contribution in [1.29, 1.82) is 0 Å². The highest BCUT2D eigenvalue weighted by Gasteiger charge is 2.04. The molecule has 0 aliphatic heterocycles. The van der Waals surface area contributed by atoms with Gasteiger partial charge in [-0.2, -0.15) is 5.10 Å². The van der Waals surface area contributed by atoms with E-state index in [2.05, 4.69) is 21.0 Å². The number of rotatable bonds is 3. The summed E-state index contributed by atoms with van der Waals surface area (Å²) in [5, 5.41) is 4.39. The van der Waals surface area contributed by atoms with Crippen molar-refractivity contribution in [1.82, 2.24) is 9.78 Å². The van der Waals surface area contributed by atoms with Crippen LogP contribution in [0.1, 0.15) is 5.56 Å². The van der Waals surface area contributed by atoms with E-state index in [4.69, 9.17) is 0 Å². The zero-order valence-electron chi connectivity index (χ0n) is 11.5. The van der Waals surface area contributed by atoms with Crippen LogP contribution in [0.3, 0.4) is 0 Å². The number of halogens is 2. The smallest absolute Gasteiger partial charge is 0.267 e. The van der Waals surface area contributed by atoms with Crippen LogP contribution in [-0.4, -0.2) is 9.78 Å². The molecule has 0 radical (unpaired) electrons. The summed E-state index contributed by atoms with van der Waals surface area (Å²) in [5.74, 6) is -0.298. The lowest BCUT2D eigenvalue weighted by atomic mass is 10.1. The average molecular weight is 359 g/mol. The van der Waals surface area contributed by atoms with Gasteiger partial charge < -0.3 is 0 Å². The maximum absolute atomic E-state index is 12.9. The third-order valence-corrected chi connectivity index (χ3v) is 3.78. The van der Waals surface area contributed by atoms with Gasteiger partial charge in [0, 0.05) is 16.1 Å². The Morgan fingerprint density at radius 1 is 0.955 bits per heavy atom. The molecule has 2 aromatic carbocycles. The van der Waals surface area contributed by atoms with Crippen LogP contribution in [0.25, 0.3) is 11.3 Å². The van der Waals surface area contributed by atoms with E-state index < -0.39 is 0 Å². The molecule has 110 valence electrons. The molecule has 1 heterocycles. The second kappa shape index (κ2) is 6.23. The van der Waals surface area contributed by atoms with E-state index in [1.54, 1.807) is 18.2 Å². The number of aromatic nitrogens is 2. The van der Waals surface area contributed by atoms with Gasteiger partial charge in [0.1, 0.15) is 5.82 Å². The van der Waals surface area contributed by atoms with E-state index in [-0.39, 0.29) is 11.4 Å². The summed E-state index contributed by atoms with van der Waals surface area (Å²) in [6.07, 6.45) is 0. The first-order valence-electron chi connectivity index (χ1n) is 6.70. The Morgan fingerprint density at radius 3 is 2.32 bits per heavy atom. The van der Waals surface area contributed by atoms with Crippen LogP contribution in [0.15, 0.2) is 69.9 Å². The van der Waals surface area contributed by atoms with Gasteiger partial charge in [-0.1, -0.05) is 40.2 Å². The molecule has 0 spiro atoms. The first-order chi connectivity index (χ1) is 10.6. The Labute approximate surface area is 135 Å². The molecule has 3 aromatic rings. The first kappa shape index (κ1) is 14.7. The maximum atomic E-state index is 12.9. The normalized spacial score (nSPS) is 10.6. The van der Waals surface area contributed by atoms with Gasteiger partial charge in [0.05, 0.1) is 12.2 Å². The zero-order valence-corrected chi connectivity index (χ0v) is 13.1. The van der Waals surface area contributed by atoms with Crippen molar-refractivity contribution in [3.8, 4) is 11.3 Å². The van der Waals surface area contributed by atoms with Crippen LogP contribution in [0.2, 0.25) is 0 Å². The van der Waals surface area contributed by atoms with Gasteiger partial charge in [-0.15, -0.1) is 0 Å². The number of hydrogen-bond acceptors (Lipinski definition) is 2. The van der Waals surface area contributed by atoms with E-state index in [1.165, 1.54) is 22.9 Å². The fourth-order valence-corrected chi connectivity index (χ4v) is 2.36. The summed E-state index contributed by atoms with van der Waals surface area (Å²) in [6.45, 7) is 0.309. The average Bonchev–Trinajstić information content (AvgIpc) is 2.52. The van der Waals surface area contributed by atoms with Gasteiger partial charge in [0.2, 0.25) is 0 Å². The molecular formula is C17H12BrFN2O. The van der Waals surface area contributed by atoms with E-state index in [0.29, 0.717) is 12.2 Å². The second-order valence-electron chi connectivity index (χ2n) is 4.85. The van der Waals surface area contributed by atoms with Crippen molar-refractivity contribution >= 4 is 15.9 Å². The van der Waals surface area contributed by atoms with Crippen LogP contribution in [-0.2, 0) is 6.54 Å². The van der Waals surface area contributed by atoms with Crippen LogP contribution in [0, 0.1) is 5.82 Å². The van der Waals surface area contributed by atoms with Crippen LogP contribution in [0.5, 0.6) is 0 Å². The minimum Gasteiger partial charge on any atom is -0.268 e. The molecule has 0 unspecified atom stereocenters. The topological polar surface area (TPSA) is 34.9 Å². The van der Waals surface area contributed by atoms with Gasteiger partial charge in [-0.25, -0.2) is 9.07 Å². The van der Waals surface area contributed by atoms with Crippen molar-refractivity contribution in [3.05, 3.63) is 86.9 Å². The van der Waals surface area contributed by atoms with Crippen molar-refractivity contribution < 1.29 is 4.39 Å². The van der Waals surface area contributed by atoms with E-state index in [9.17, 15) is 9.18 Å².